The average molecular weight is 249 g/mol. The molecule has 1 unspecified atom stereocenters. The van der Waals surface area contributed by atoms with Crippen molar-refractivity contribution >= 4 is 6.09 Å². The quantitative estimate of drug-likeness (QED) is 0.540. The second-order valence-corrected chi connectivity index (χ2v) is 5.10. The molecule has 0 aliphatic carbocycles. The third-order valence-corrected chi connectivity index (χ3v) is 1.77. The number of nitrogens with one attached hydrogen (secondary N) is 1. The molecule has 0 aromatic rings. The summed E-state index contributed by atoms with van der Waals surface area (Å²) in [6, 6.07) is 0. The van der Waals surface area contributed by atoms with E-state index in [0.29, 0.717) is 0 Å². The maximum atomic E-state index is 11.5. The average Bonchev–Trinajstić information content (AvgIpc) is 2.15. The molecule has 6 heteroatoms. The molecule has 0 aromatic heterocycles. The Morgan fingerprint density at radius 3 is 2.29 bits per heavy atom. The van der Waals surface area contributed by atoms with Crippen LogP contribution in [0.25, 0.3) is 0 Å². The van der Waals surface area contributed by atoms with Gasteiger partial charge in [-0.2, -0.15) is 0 Å². The van der Waals surface area contributed by atoms with Crippen LogP contribution in [0.3, 0.4) is 0 Å². The molecule has 0 spiro atoms. The lowest BCUT2D eigenvalue weighted by atomic mass is 10.1. The fourth-order valence-electron chi connectivity index (χ4n) is 1.02. The van der Waals surface area contributed by atoms with Crippen LogP contribution in [0.15, 0.2) is 0 Å². The van der Waals surface area contributed by atoms with E-state index in [2.05, 4.69) is 5.32 Å². The van der Waals surface area contributed by atoms with E-state index < -0.39 is 17.2 Å². The van der Waals surface area contributed by atoms with Crippen LogP contribution < -0.4 is 5.32 Å². The summed E-state index contributed by atoms with van der Waals surface area (Å²) in [7, 11) is 1.50. The van der Waals surface area contributed by atoms with Gasteiger partial charge >= 0.3 is 6.09 Å². The lowest BCUT2D eigenvalue weighted by molar-refractivity contribution is -0.0596. The van der Waals surface area contributed by atoms with Gasteiger partial charge in [-0.15, -0.1) is 0 Å². The molecule has 1 amide bonds. The third-order valence-electron chi connectivity index (χ3n) is 1.77. The normalized spacial score (nSPS) is 15.2. The molecule has 0 aliphatic rings. The number of alkyl carbamates (subject to hydrolysis) is 1. The zero-order chi connectivity index (χ0) is 13.5. The topological polar surface area (TPSA) is 77.0 Å². The number of aliphatic hydroxyl groups excluding tert-OH is 1. The molecule has 0 aromatic carbocycles. The largest absolute Gasteiger partial charge is 0.444 e. The van der Waals surface area contributed by atoms with Crippen molar-refractivity contribution in [3.8, 4) is 0 Å². The molecule has 0 fully saturated rings. The summed E-state index contributed by atoms with van der Waals surface area (Å²) >= 11 is 0. The molecule has 0 saturated carbocycles. The van der Waals surface area contributed by atoms with Crippen LogP contribution in [0, 0.1) is 0 Å². The van der Waals surface area contributed by atoms with Crippen LogP contribution in [0.2, 0.25) is 0 Å². The predicted molar refractivity (Wildman–Crippen MR) is 62.7 cm³/mol. The summed E-state index contributed by atoms with van der Waals surface area (Å²) < 4.78 is 14.9. The molecular weight excluding hydrogens is 226 g/mol. The smallest absolute Gasteiger partial charge is 0.408 e. The van der Waals surface area contributed by atoms with E-state index in [1.165, 1.54) is 7.11 Å². The van der Waals surface area contributed by atoms with E-state index >= 15 is 0 Å². The minimum Gasteiger partial charge on any atom is -0.444 e. The molecule has 0 heterocycles. The summed E-state index contributed by atoms with van der Waals surface area (Å²) in [6.07, 6.45) is -0.588. The second-order valence-electron chi connectivity index (χ2n) is 5.10. The Labute approximate surface area is 102 Å². The number of rotatable bonds is 6. The number of amides is 1. The van der Waals surface area contributed by atoms with Crippen molar-refractivity contribution in [2.24, 2.45) is 0 Å². The van der Waals surface area contributed by atoms with Crippen molar-refractivity contribution < 1.29 is 24.1 Å². The predicted octanol–water partition coefficient (Wildman–Crippen LogP) is 0.883. The van der Waals surface area contributed by atoms with Gasteiger partial charge in [0.15, 0.2) is 0 Å². The molecule has 1 atom stereocenters. The van der Waals surface area contributed by atoms with Gasteiger partial charge in [0.2, 0.25) is 0 Å². The van der Waals surface area contributed by atoms with Gasteiger partial charge in [0.05, 0.1) is 18.8 Å². The highest BCUT2D eigenvalue weighted by Gasteiger charge is 2.28. The zero-order valence-corrected chi connectivity index (χ0v) is 11.2. The van der Waals surface area contributed by atoms with Gasteiger partial charge in [-0.3, -0.25) is 0 Å². The Balaban J connectivity index is 4.22. The maximum absolute atomic E-state index is 11.5. The first-order valence-electron chi connectivity index (χ1n) is 5.41. The van der Waals surface area contributed by atoms with Crippen LogP contribution in [0.5, 0.6) is 0 Å². The van der Waals surface area contributed by atoms with Gasteiger partial charge < -0.3 is 24.6 Å². The first-order valence-corrected chi connectivity index (χ1v) is 5.41. The SMILES string of the molecule is COCOCC(C)(CO)NC(=O)OC(C)(C)C. The van der Waals surface area contributed by atoms with Crippen LogP contribution in [-0.4, -0.2) is 49.5 Å². The molecule has 0 aliphatic heterocycles. The van der Waals surface area contributed by atoms with Gasteiger partial charge in [-0.1, -0.05) is 0 Å². The van der Waals surface area contributed by atoms with Crippen LogP contribution in [0.1, 0.15) is 27.7 Å². The van der Waals surface area contributed by atoms with Crippen molar-refractivity contribution in [1.82, 2.24) is 5.32 Å². The Morgan fingerprint density at radius 2 is 1.88 bits per heavy atom. The number of carbonyl (C=O) groups excluding carboxylic acids is 1. The highest BCUT2D eigenvalue weighted by molar-refractivity contribution is 5.68. The molecular formula is C11H23NO5. The van der Waals surface area contributed by atoms with Crippen LogP contribution >= 0.6 is 0 Å². The summed E-state index contributed by atoms with van der Waals surface area (Å²) in [5, 5.41) is 11.8. The minimum absolute atomic E-state index is 0.103. The molecule has 102 valence electrons. The van der Waals surface area contributed by atoms with E-state index in [4.69, 9.17) is 14.2 Å². The number of hydrogen-bond donors (Lipinski definition) is 2. The molecule has 0 bridgehead atoms. The Kier molecular flexibility index (Phi) is 6.44. The number of hydrogen-bond acceptors (Lipinski definition) is 5. The Hall–Kier alpha value is -0.850. The fraction of sp³-hybridized carbons (Fsp3) is 0.909. The van der Waals surface area contributed by atoms with Crippen molar-refractivity contribution in [3.05, 3.63) is 0 Å². The molecule has 0 saturated heterocycles. The summed E-state index contributed by atoms with van der Waals surface area (Å²) in [6.45, 7) is 6.95. The second kappa shape index (κ2) is 6.78. The first-order chi connectivity index (χ1) is 7.72. The summed E-state index contributed by atoms with van der Waals surface area (Å²) in [5.41, 5.74) is -1.46. The minimum atomic E-state index is -0.888. The zero-order valence-electron chi connectivity index (χ0n) is 11.2. The first kappa shape index (κ1) is 16.1. The fourth-order valence-corrected chi connectivity index (χ4v) is 1.02. The Morgan fingerprint density at radius 1 is 1.29 bits per heavy atom. The van der Waals surface area contributed by atoms with Gasteiger partial charge in [-0.25, -0.2) is 4.79 Å². The highest BCUT2D eigenvalue weighted by Crippen LogP contribution is 2.10. The summed E-state index contributed by atoms with van der Waals surface area (Å²) in [4.78, 5) is 11.5. The maximum Gasteiger partial charge on any atom is 0.408 e. The van der Waals surface area contributed by atoms with Gasteiger partial charge in [-0.05, 0) is 27.7 Å². The number of carbonyl (C=O) groups is 1. The summed E-state index contributed by atoms with van der Waals surface area (Å²) in [5.74, 6) is 0. The van der Waals surface area contributed by atoms with Gasteiger partial charge in [0.1, 0.15) is 12.4 Å². The van der Waals surface area contributed by atoms with Crippen molar-refractivity contribution in [3.63, 3.8) is 0 Å². The lowest BCUT2D eigenvalue weighted by Gasteiger charge is -2.30. The van der Waals surface area contributed by atoms with E-state index in [0.717, 1.165) is 0 Å². The van der Waals surface area contributed by atoms with Crippen LogP contribution in [0.4, 0.5) is 4.79 Å². The number of ether oxygens (including phenoxy) is 3. The van der Waals surface area contributed by atoms with Crippen molar-refractivity contribution in [2.75, 3.05) is 27.1 Å². The lowest BCUT2D eigenvalue weighted by Crippen LogP contribution is -2.53. The van der Waals surface area contributed by atoms with E-state index in [9.17, 15) is 9.90 Å². The van der Waals surface area contributed by atoms with E-state index in [-0.39, 0.29) is 20.0 Å². The number of methoxy groups -OCH3 is 1. The van der Waals surface area contributed by atoms with Crippen molar-refractivity contribution in [1.29, 1.82) is 0 Å². The molecule has 2 N–H and O–H groups in total. The molecule has 0 radical (unpaired) electrons. The highest BCUT2D eigenvalue weighted by atomic mass is 16.7. The van der Waals surface area contributed by atoms with E-state index in [1.54, 1.807) is 27.7 Å². The standard InChI is InChI=1S/C11H23NO5/c1-10(2,3)17-9(14)12-11(4,6-13)7-16-8-15-5/h13H,6-8H2,1-5H3,(H,12,14). The monoisotopic (exact) mass is 249 g/mol. The molecule has 6 nitrogen and oxygen atoms in total. The van der Waals surface area contributed by atoms with E-state index in [1.807, 2.05) is 0 Å². The Bertz CT molecular complexity index is 239. The van der Waals surface area contributed by atoms with Gasteiger partial charge in [0.25, 0.3) is 0 Å². The van der Waals surface area contributed by atoms with Gasteiger partial charge in [0, 0.05) is 7.11 Å². The third kappa shape index (κ3) is 7.95. The van der Waals surface area contributed by atoms with Crippen molar-refractivity contribution in [2.45, 2.75) is 38.8 Å². The number of aliphatic hydroxyl groups is 1. The molecule has 17 heavy (non-hydrogen) atoms. The van der Waals surface area contributed by atoms with Crippen LogP contribution in [-0.2, 0) is 14.2 Å². The molecule has 0 rings (SSSR count).